The Morgan fingerprint density at radius 2 is 1.67 bits per heavy atom. The molecule has 1 aliphatic heterocycles. The summed E-state index contributed by atoms with van der Waals surface area (Å²) in [5.41, 5.74) is 7.17. The summed E-state index contributed by atoms with van der Waals surface area (Å²) in [6, 6.07) is 23.3. The van der Waals surface area contributed by atoms with E-state index in [9.17, 15) is 8.42 Å². The highest BCUT2D eigenvalue weighted by Gasteiger charge is 2.47. The standard InChI is InChI=1S/C28H29NO3S/c1-4-24-25-8-6-5-7-21(25)17-26-27(24)18-29(28(26)20-11-13-22(32-3)14-12-20)33(30,31)23-15-9-19(2)10-16-23/h5-16,26,28H,4,17-18H2,1-3H3/t26-,28+/m1/s1. The van der Waals surface area contributed by atoms with Crippen LogP contribution in [0.4, 0.5) is 0 Å². The topological polar surface area (TPSA) is 46.6 Å². The van der Waals surface area contributed by atoms with Gasteiger partial charge in [-0.05, 0) is 71.9 Å². The van der Waals surface area contributed by atoms with Crippen LogP contribution in [0.15, 0.2) is 83.3 Å². The van der Waals surface area contributed by atoms with Gasteiger partial charge in [0.2, 0.25) is 10.0 Å². The van der Waals surface area contributed by atoms with E-state index in [1.165, 1.54) is 22.3 Å². The average molecular weight is 460 g/mol. The van der Waals surface area contributed by atoms with Crippen molar-refractivity contribution in [1.29, 1.82) is 0 Å². The zero-order valence-corrected chi connectivity index (χ0v) is 20.1. The molecule has 0 amide bonds. The predicted octanol–water partition coefficient (Wildman–Crippen LogP) is 5.79. The van der Waals surface area contributed by atoms with E-state index in [1.807, 2.05) is 43.3 Å². The van der Waals surface area contributed by atoms with Gasteiger partial charge in [0.05, 0.1) is 18.0 Å². The van der Waals surface area contributed by atoms with E-state index in [0.29, 0.717) is 11.4 Å². The Bertz CT molecular complexity index is 1310. The first-order chi connectivity index (χ1) is 15.9. The van der Waals surface area contributed by atoms with Crippen LogP contribution in [0, 0.1) is 12.8 Å². The Kier molecular flexibility index (Phi) is 5.63. The Morgan fingerprint density at radius 1 is 0.970 bits per heavy atom. The van der Waals surface area contributed by atoms with Gasteiger partial charge >= 0.3 is 0 Å². The number of sulfonamides is 1. The molecule has 33 heavy (non-hydrogen) atoms. The second-order valence-corrected chi connectivity index (χ2v) is 10.8. The Balaban J connectivity index is 1.67. The number of benzene rings is 3. The molecule has 1 fully saturated rings. The van der Waals surface area contributed by atoms with Crippen LogP contribution in [0.5, 0.6) is 5.75 Å². The van der Waals surface area contributed by atoms with Crippen molar-refractivity contribution in [1.82, 2.24) is 4.31 Å². The zero-order valence-electron chi connectivity index (χ0n) is 19.3. The van der Waals surface area contributed by atoms with E-state index in [2.05, 4.69) is 31.2 Å². The molecule has 0 aromatic heterocycles. The molecular formula is C28H29NO3S. The maximum Gasteiger partial charge on any atom is 0.243 e. The van der Waals surface area contributed by atoms with Gasteiger partial charge in [-0.3, -0.25) is 0 Å². The maximum absolute atomic E-state index is 13.9. The molecular weight excluding hydrogens is 430 g/mol. The van der Waals surface area contributed by atoms with Crippen LogP contribution in [0.1, 0.15) is 41.6 Å². The molecule has 3 aromatic rings. The van der Waals surface area contributed by atoms with Crippen molar-refractivity contribution in [2.45, 2.75) is 37.6 Å². The SMILES string of the molecule is CCC1=C2CN(S(=O)(=O)c3ccc(C)cc3)[C@@H](c3ccc(OC)cc3)[C@@H]2Cc2ccccc21. The molecule has 5 heteroatoms. The van der Waals surface area contributed by atoms with Crippen LogP contribution in [0.25, 0.3) is 5.57 Å². The van der Waals surface area contributed by atoms with Crippen LogP contribution in [0.2, 0.25) is 0 Å². The number of rotatable bonds is 5. The lowest BCUT2D eigenvalue weighted by atomic mass is 9.76. The highest BCUT2D eigenvalue weighted by molar-refractivity contribution is 7.89. The molecule has 0 radical (unpaired) electrons. The normalized spacial score (nSPS) is 20.5. The fourth-order valence-electron chi connectivity index (χ4n) is 5.43. The number of hydrogen-bond acceptors (Lipinski definition) is 3. The van der Waals surface area contributed by atoms with Gasteiger partial charge in [-0.2, -0.15) is 4.31 Å². The van der Waals surface area contributed by atoms with Gasteiger partial charge in [0.25, 0.3) is 0 Å². The molecule has 0 saturated carbocycles. The molecule has 2 aliphatic rings. The predicted molar refractivity (Wildman–Crippen MR) is 132 cm³/mol. The Labute approximate surface area is 196 Å². The molecule has 170 valence electrons. The summed E-state index contributed by atoms with van der Waals surface area (Å²) >= 11 is 0. The van der Waals surface area contributed by atoms with Crippen molar-refractivity contribution in [2.24, 2.45) is 5.92 Å². The third-order valence-corrected chi connectivity index (χ3v) is 8.92. The van der Waals surface area contributed by atoms with E-state index in [0.717, 1.165) is 29.7 Å². The van der Waals surface area contributed by atoms with Crippen LogP contribution in [-0.2, 0) is 16.4 Å². The number of methoxy groups -OCH3 is 1. The number of fused-ring (bicyclic) bond motifs is 2. The first-order valence-electron chi connectivity index (χ1n) is 11.5. The number of ether oxygens (including phenoxy) is 1. The fraction of sp³-hybridized carbons (Fsp3) is 0.286. The highest BCUT2D eigenvalue weighted by atomic mass is 32.2. The summed E-state index contributed by atoms with van der Waals surface area (Å²) in [7, 11) is -2.03. The first-order valence-corrected chi connectivity index (χ1v) is 12.9. The maximum atomic E-state index is 13.9. The molecule has 2 atom stereocenters. The zero-order chi connectivity index (χ0) is 23.2. The van der Waals surface area contributed by atoms with Gasteiger partial charge in [0.1, 0.15) is 5.75 Å². The van der Waals surface area contributed by atoms with E-state index in [1.54, 1.807) is 23.5 Å². The van der Waals surface area contributed by atoms with Gasteiger partial charge in [0.15, 0.2) is 0 Å². The second-order valence-electron chi connectivity index (χ2n) is 8.91. The van der Waals surface area contributed by atoms with Crippen LogP contribution in [0.3, 0.4) is 0 Å². The number of hydrogen-bond donors (Lipinski definition) is 0. The lowest BCUT2D eigenvalue weighted by Gasteiger charge is -2.31. The summed E-state index contributed by atoms with van der Waals surface area (Å²) in [6.45, 7) is 4.56. The minimum Gasteiger partial charge on any atom is -0.497 e. The minimum atomic E-state index is -3.68. The molecule has 3 aromatic carbocycles. The van der Waals surface area contributed by atoms with E-state index in [4.69, 9.17) is 4.74 Å². The number of aryl methyl sites for hydroxylation is 1. The summed E-state index contributed by atoms with van der Waals surface area (Å²) in [4.78, 5) is 0.349. The minimum absolute atomic E-state index is 0.114. The van der Waals surface area contributed by atoms with E-state index >= 15 is 0 Å². The first kappa shape index (κ1) is 21.9. The largest absolute Gasteiger partial charge is 0.497 e. The van der Waals surface area contributed by atoms with Crippen molar-refractivity contribution >= 4 is 15.6 Å². The van der Waals surface area contributed by atoms with Crippen molar-refractivity contribution in [3.63, 3.8) is 0 Å². The third kappa shape index (κ3) is 3.69. The van der Waals surface area contributed by atoms with Crippen molar-refractivity contribution in [3.05, 3.63) is 101 Å². The van der Waals surface area contributed by atoms with Gasteiger partial charge in [-0.1, -0.05) is 61.0 Å². The van der Waals surface area contributed by atoms with Crippen molar-refractivity contribution in [2.75, 3.05) is 13.7 Å². The lowest BCUT2D eigenvalue weighted by Crippen LogP contribution is -2.32. The summed E-state index contributed by atoms with van der Waals surface area (Å²) < 4.78 is 35.0. The van der Waals surface area contributed by atoms with Crippen molar-refractivity contribution < 1.29 is 13.2 Å². The smallest absolute Gasteiger partial charge is 0.243 e. The van der Waals surface area contributed by atoms with E-state index < -0.39 is 10.0 Å². The molecule has 5 rings (SSSR count). The average Bonchev–Trinajstić information content (AvgIpc) is 3.22. The molecule has 1 saturated heterocycles. The van der Waals surface area contributed by atoms with E-state index in [-0.39, 0.29) is 12.0 Å². The molecule has 0 spiro atoms. The molecule has 1 aliphatic carbocycles. The monoisotopic (exact) mass is 459 g/mol. The summed E-state index contributed by atoms with van der Waals surface area (Å²) in [5.74, 6) is 0.882. The van der Waals surface area contributed by atoms with Crippen LogP contribution in [-0.4, -0.2) is 26.4 Å². The molecule has 0 unspecified atom stereocenters. The van der Waals surface area contributed by atoms with Crippen LogP contribution >= 0.6 is 0 Å². The summed E-state index contributed by atoms with van der Waals surface area (Å²) in [5, 5.41) is 0. The fourth-order valence-corrected chi connectivity index (χ4v) is 7.06. The molecule has 4 nitrogen and oxygen atoms in total. The van der Waals surface area contributed by atoms with Crippen LogP contribution < -0.4 is 4.74 Å². The summed E-state index contributed by atoms with van der Waals surface area (Å²) in [6.07, 6.45) is 1.72. The van der Waals surface area contributed by atoms with Gasteiger partial charge in [-0.25, -0.2) is 8.42 Å². The molecule has 1 heterocycles. The molecule has 0 bridgehead atoms. The third-order valence-electron chi connectivity index (χ3n) is 7.07. The van der Waals surface area contributed by atoms with Gasteiger partial charge in [0, 0.05) is 12.5 Å². The Hall–Kier alpha value is -2.89. The highest BCUT2D eigenvalue weighted by Crippen LogP contribution is 2.51. The number of allylic oxidation sites excluding steroid dienone is 1. The Morgan fingerprint density at radius 3 is 2.33 bits per heavy atom. The van der Waals surface area contributed by atoms with Gasteiger partial charge < -0.3 is 4.74 Å². The van der Waals surface area contributed by atoms with Crippen molar-refractivity contribution in [3.8, 4) is 5.75 Å². The second kappa shape index (κ2) is 8.47. The number of nitrogens with zero attached hydrogens (tertiary/aromatic N) is 1. The quantitative estimate of drug-likeness (QED) is 0.485. The van der Waals surface area contributed by atoms with Gasteiger partial charge in [-0.15, -0.1) is 0 Å². The lowest BCUT2D eigenvalue weighted by molar-refractivity contribution is 0.345. The molecule has 0 N–H and O–H groups in total.